The molecule has 0 radical (unpaired) electrons. The van der Waals surface area contributed by atoms with E-state index in [1.807, 2.05) is 43.3 Å². The standard InChI is InChI=1S/C21H24O4S/c1-14-18(23-3)19(25-20(22)16-10-6-4-7-11-16)15(2)24-21(14)26-17-12-8-5-9-13-17/h4-15,18-19,21H,1-3H3. The van der Waals surface area contributed by atoms with Crippen LogP contribution in [0, 0.1) is 5.92 Å². The molecule has 0 spiro atoms. The van der Waals surface area contributed by atoms with Crippen molar-refractivity contribution in [3.8, 4) is 0 Å². The highest BCUT2D eigenvalue weighted by molar-refractivity contribution is 7.99. The predicted molar refractivity (Wildman–Crippen MR) is 102 cm³/mol. The Morgan fingerprint density at radius 3 is 2.19 bits per heavy atom. The number of carbonyl (C=O) groups is 1. The fraction of sp³-hybridized carbons (Fsp3) is 0.381. The Morgan fingerprint density at radius 1 is 0.962 bits per heavy atom. The van der Waals surface area contributed by atoms with Crippen LogP contribution in [0.15, 0.2) is 65.6 Å². The van der Waals surface area contributed by atoms with Crippen LogP contribution in [0.3, 0.4) is 0 Å². The lowest BCUT2D eigenvalue weighted by Crippen LogP contribution is -2.54. The molecule has 0 aromatic heterocycles. The number of hydrogen-bond acceptors (Lipinski definition) is 5. The van der Waals surface area contributed by atoms with Crippen molar-refractivity contribution < 1.29 is 19.0 Å². The minimum atomic E-state index is -0.449. The summed E-state index contributed by atoms with van der Waals surface area (Å²) in [6.07, 6.45) is -0.937. The Morgan fingerprint density at radius 2 is 1.58 bits per heavy atom. The van der Waals surface area contributed by atoms with Crippen LogP contribution in [0.2, 0.25) is 0 Å². The summed E-state index contributed by atoms with van der Waals surface area (Å²) in [6, 6.07) is 19.1. The second-order valence-corrected chi connectivity index (χ2v) is 7.61. The van der Waals surface area contributed by atoms with E-state index in [0.717, 1.165) is 4.90 Å². The SMILES string of the molecule is COC1C(C)C(Sc2ccccc2)OC(C)C1OC(=O)c1ccccc1. The first-order valence-electron chi connectivity index (χ1n) is 8.76. The Labute approximate surface area is 158 Å². The molecule has 4 nitrogen and oxygen atoms in total. The van der Waals surface area contributed by atoms with Gasteiger partial charge in [0.1, 0.15) is 11.5 Å². The summed E-state index contributed by atoms with van der Waals surface area (Å²) in [6.45, 7) is 4.00. The molecule has 5 atom stereocenters. The molecule has 5 unspecified atom stereocenters. The van der Waals surface area contributed by atoms with Gasteiger partial charge in [-0.05, 0) is 31.2 Å². The summed E-state index contributed by atoms with van der Waals surface area (Å²) in [5.74, 6) is -0.288. The normalized spacial score (nSPS) is 28.5. The zero-order valence-electron chi connectivity index (χ0n) is 15.2. The summed E-state index contributed by atoms with van der Waals surface area (Å²) < 4.78 is 17.7. The van der Waals surface area contributed by atoms with Gasteiger partial charge in [0.25, 0.3) is 0 Å². The second-order valence-electron chi connectivity index (χ2n) is 6.44. The number of esters is 1. The number of methoxy groups -OCH3 is 1. The zero-order chi connectivity index (χ0) is 18.5. The molecule has 2 aromatic carbocycles. The second kappa shape index (κ2) is 8.71. The van der Waals surface area contributed by atoms with E-state index in [2.05, 4.69) is 19.1 Å². The van der Waals surface area contributed by atoms with Crippen LogP contribution in [0.5, 0.6) is 0 Å². The molecule has 26 heavy (non-hydrogen) atoms. The minimum absolute atomic E-state index is 0.0648. The van der Waals surface area contributed by atoms with Crippen LogP contribution in [0.1, 0.15) is 24.2 Å². The molecular weight excluding hydrogens is 348 g/mol. The van der Waals surface area contributed by atoms with Crippen molar-refractivity contribution in [2.24, 2.45) is 5.92 Å². The van der Waals surface area contributed by atoms with E-state index in [4.69, 9.17) is 14.2 Å². The van der Waals surface area contributed by atoms with Crippen LogP contribution in [0.25, 0.3) is 0 Å². The molecule has 0 N–H and O–H groups in total. The van der Waals surface area contributed by atoms with Gasteiger partial charge in [0.05, 0.1) is 11.7 Å². The van der Waals surface area contributed by atoms with E-state index in [1.165, 1.54) is 0 Å². The van der Waals surface area contributed by atoms with Gasteiger partial charge < -0.3 is 14.2 Å². The molecule has 1 saturated heterocycles. The van der Waals surface area contributed by atoms with E-state index in [-0.39, 0.29) is 29.5 Å². The van der Waals surface area contributed by atoms with Crippen LogP contribution < -0.4 is 0 Å². The molecule has 138 valence electrons. The third-order valence-electron chi connectivity index (χ3n) is 4.60. The predicted octanol–water partition coefficient (Wildman–Crippen LogP) is 4.40. The van der Waals surface area contributed by atoms with Gasteiger partial charge in [-0.2, -0.15) is 0 Å². The smallest absolute Gasteiger partial charge is 0.338 e. The molecule has 0 amide bonds. The zero-order valence-corrected chi connectivity index (χ0v) is 16.0. The summed E-state index contributed by atoms with van der Waals surface area (Å²) in [4.78, 5) is 13.6. The average Bonchev–Trinajstić information content (AvgIpc) is 2.67. The molecule has 0 aliphatic carbocycles. The highest BCUT2D eigenvalue weighted by Crippen LogP contribution is 2.38. The van der Waals surface area contributed by atoms with Gasteiger partial charge in [-0.3, -0.25) is 0 Å². The monoisotopic (exact) mass is 372 g/mol. The fourth-order valence-electron chi connectivity index (χ4n) is 3.18. The van der Waals surface area contributed by atoms with Gasteiger partial charge >= 0.3 is 5.97 Å². The molecule has 1 aliphatic heterocycles. The lowest BCUT2D eigenvalue weighted by atomic mass is 9.93. The molecule has 2 aromatic rings. The maximum atomic E-state index is 12.5. The molecule has 1 fully saturated rings. The Bertz CT molecular complexity index is 706. The Kier molecular flexibility index (Phi) is 6.35. The maximum Gasteiger partial charge on any atom is 0.338 e. The van der Waals surface area contributed by atoms with Crippen LogP contribution in [0.4, 0.5) is 0 Å². The van der Waals surface area contributed by atoms with E-state index >= 15 is 0 Å². The number of benzene rings is 2. The topological polar surface area (TPSA) is 44.8 Å². The molecular formula is C21H24O4S. The van der Waals surface area contributed by atoms with Crippen molar-refractivity contribution in [2.45, 2.75) is 42.5 Å². The number of thioether (sulfide) groups is 1. The number of hydrogen-bond donors (Lipinski definition) is 0. The first kappa shape index (κ1) is 19.0. The van der Waals surface area contributed by atoms with E-state index in [0.29, 0.717) is 5.56 Å². The number of ether oxygens (including phenoxy) is 3. The van der Waals surface area contributed by atoms with E-state index in [9.17, 15) is 4.79 Å². The summed E-state index contributed by atoms with van der Waals surface area (Å²) >= 11 is 1.67. The van der Waals surface area contributed by atoms with Crippen molar-refractivity contribution in [1.29, 1.82) is 0 Å². The average molecular weight is 372 g/mol. The van der Waals surface area contributed by atoms with Gasteiger partial charge in [0.15, 0.2) is 6.10 Å². The fourth-order valence-corrected chi connectivity index (χ4v) is 4.36. The van der Waals surface area contributed by atoms with E-state index < -0.39 is 6.10 Å². The van der Waals surface area contributed by atoms with Crippen molar-refractivity contribution in [3.05, 3.63) is 66.2 Å². The highest BCUT2D eigenvalue weighted by Gasteiger charge is 2.45. The van der Waals surface area contributed by atoms with Gasteiger partial charge in [0, 0.05) is 17.9 Å². The summed E-state index contributed by atoms with van der Waals surface area (Å²) in [5, 5.41) is 0. The van der Waals surface area contributed by atoms with Crippen molar-refractivity contribution >= 4 is 17.7 Å². The third kappa shape index (κ3) is 4.29. The van der Waals surface area contributed by atoms with Crippen LogP contribution in [-0.2, 0) is 14.2 Å². The number of carbonyl (C=O) groups excluding carboxylic acids is 1. The molecule has 0 bridgehead atoms. The third-order valence-corrected chi connectivity index (χ3v) is 5.92. The minimum Gasteiger partial charge on any atom is -0.453 e. The molecule has 0 saturated carbocycles. The van der Waals surface area contributed by atoms with Crippen molar-refractivity contribution in [1.82, 2.24) is 0 Å². The molecule has 3 rings (SSSR count). The highest BCUT2D eigenvalue weighted by atomic mass is 32.2. The number of rotatable bonds is 5. The van der Waals surface area contributed by atoms with Crippen LogP contribution >= 0.6 is 11.8 Å². The molecule has 1 aliphatic rings. The van der Waals surface area contributed by atoms with E-state index in [1.54, 1.807) is 31.0 Å². The molecule has 5 heteroatoms. The van der Waals surface area contributed by atoms with Crippen molar-refractivity contribution in [3.63, 3.8) is 0 Å². The maximum absolute atomic E-state index is 12.5. The first-order valence-corrected chi connectivity index (χ1v) is 9.64. The lowest BCUT2D eigenvalue weighted by molar-refractivity contribution is -0.176. The summed E-state index contributed by atoms with van der Waals surface area (Å²) in [5.41, 5.74) is 0.465. The van der Waals surface area contributed by atoms with Crippen LogP contribution in [-0.4, -0.2) is 36.8 Å². The molecule has 1 heterocycles. The largest absolute Gasteiger partial charge is 0.453 e. The van der Waals surface area contributed by atoms with Crippen molar-refractivity contribution in [2.75, 3.05) is 7.11 Å². The first-order chi connectivity index (χ1) is 12.6. The van der Waals surface area contributed by atoms with Gasteiger partial charge in [-0.15, -0.1) is 0 Å². The van der Waals surface area contributed by atoms with Gasteiger partial charge in [0.2, 0.25) is 0 Å². The van der Waals surface area contributed by atoms with Gasteiger partial charge in [-0.1, -0.05) is 55.1 Å². The Hall–Kier alpha value is -1.82. The summed E-state index contributed by atoms with van der Waals surface area (Å²) in [7, 11) is 1.66. The van der Waals surface area contributed by atoms with Gasteiger partial charge in [-0.25, -0.2) is 4.79 Å². The Balaban J connectivity index is 1.71. The lowest BCUT2D eigenvalue weighted by Gasteiger charge is -2.43. The quantitative estimate of drug-likeness (QED) is 0.728.